The predicted molar refractivity (Wildman–Crippen MR) is 71.7 cm³/mol. The van der Waals surface area contributed by atoms with Crippen LogP contribution in [0.1, 0.15) is 11.3 Å². The minimum Gasteiger partial charge on any atom is -0.468 e. The van der Waals surface area contributed by atoms with Gasteiger partial charge in [0.2, 0.25) is 10.0 Å². The lowest BCUT2D eigenvalue weighted by Gasteiger charge is -2.16. The first-order valence-electron chi connectivity index (χ1n) is 5.82. The van der Waals surface area contributed by atoms with Crippen molar-refractivity contribution in [2.24, 2.45) is 5.73 Å². The van der Waals surface area contributed by atoms with Crippen molar-refractivity contribution in [3.05, 3.63) is 54.0 Å². The third-order valence-electron chi connectivity index (χ3n) is 2.83. The summed E-state index contributed by atoms with van der Waals surface area (Å²) < 4.78 is 31.0. The summed E-state index contributed by atoms with van der Waals surface area (Å²) in [7, 11) is -1.99. The van der Waals surface area contributed by atoms with Crippen LogP contribution >= 0.6 is 0 Å². The van der Waals surface area contributed by atoms with Crippen molar-refractivity contribution in [3.8, 4) is 0 Å². The molecule has 0 aliphatic heterocycles. The van der Waals surface area contributed by atoms with E-state index in [1.807, 2.05) is 0 Å². The molecule has 2 rings (SSSR count). The van der Waals surface area contributed by atoms with Crippen LogP contribution in [-0.4, -0.2) is 19.8 Å². The Labute approximate surface area is 112 Å². The first-order valence-corrected chi connectivity index (χ1v) is 7.26. The molecule has 19 heavy (non-hydrogen) atoms. The Kier molecular flexibility index (Phi) is 4.04. The SMILES string of the molecule is CN(Cc1ccco1)S(=O)(=O)c1ccc(CN)cc1. The van der Waals surface area contributed by atoms with E-state index in [0.717, 1.165) is 5.56 Å². The van der Waals surface area contributed by atoms with Crippen LogP contribution in [0.15, 0.2) is 52.0 Å². The number of furan rings is 1. The lowest BCUT2D eigenvalue weighted by atomic mass is 10.2. The van der Waals surface area contributed by atoms with Gasteiger partial charge in [-0.2, -0.15) is 4.31 Å². The Morgan fingerprint density at radius 2 is 1.89 bits per heavy atom. The molecule has 0 fully saturated rings. The smallest absolute Gasteiger partial charge is 0.243 e. The van der Waals surface area contributed by atoms with E-state index < -0.39 is 10.0 Å². The number of hydrogen-bond acceptors (Lipinski definition) is 4. The molecular formula is C13H16N2O3S. The van der Waals surface area contributed by atoms with E-state index in [-0.39, 0.29) is 11.4 Å². The van der Waals surface area contributed by atoms with E-state index in [1.54, 1.807) is 36.4 Å². The number of sulfonamides is 1. The van der Waals surface area contributed by atoms with Gasteiger partial charge in [-0.25, -0.2) is 8.42 Å². The van der Waals surface area contributed by atoms with E-state index in [9.17, 15) is 8.42 Å². The van der Waals surface area contributed by atoms with Gasteiger partial charge in [0.05, 0.1) is 17.7 Å². The standard InChI is InChI=1S/C13H16N2O3S/c1-15(10-12-3-2-8-18-12)19(16,17)13-6-4-11(9-14)5-7-13/h2-8H,9-10,14H2,1H3. The topological polar surface area (TPSA) is 76.5 Å². The second-order valence-corrected chi connectivity index (χ2v) is 6.23. The van der Waals surface area contributed by atoms with Gasteiger partial charge in [0.25, 0.3) is 0 Å². The van der Waals surface area contributed by atoms with Gasteiger partial charge in [0.15, 0.2) is 0 Å². The van der Waals surface area contributed by atoms with Gasteiger partial charge in [-0.05, 0) is 29.8 Å². The Morgan fingerprint density at radius 3 is 2.42 bits per heavy atom. The summed E-state index contributed by atoms with van der Waals surface area (Å²) in [5, 5.41) is 0. The largest absolute Gasteiger partial charge is 0.468 e. The third-order valence-corrected chi connectivity index (χ3v) is 4.64. The quantitative estimate of drug-likeness (QED) is 0.901. The van der Waals surface area contributed by atoms with Gasteiger partial charge >= 0.3 is 0 Å². The Morgan fingerprint density at radius 1 is 1.21 bits per heavy atom. The van der Waals surface area contributed by atoms with Crippen molar-refractivity contribution < 1.29 is 12.8 Å². The summed E-state index contributed by atoms with van der Waals surface area (Å²) in [6, 6.07) is 10.0. The number of nitrogens with two attached hydrogens (primary N) is 1. The molecule has 0 atom stereocenters. The maximum atomic E-state index is 12.3. The highest BCUT2D eigenvalue weighted by molar-refractivity contribution is 7.89. The normalized spacial score (nSPS) is 11.9. The molecule has 1 aromatic heterocycles. The first-order chi connectivity index (χ1) is 9.04. The van der Waals surface area contributed by atoms with Crippen molar-refractivity contribution in [1.82, 2.24) is 4.31 Å². The minimum absolute atomic E-state index is 0.202. The van der Waals surface area contributed by atoms with Gasteiger partial charge in [0, 0.05) is 13.6 Å². The Hall–Kier alpha value is -1.63. The molecule has 0 saturated carbocycles. The van der Waals surface area contributed by atoms with Crippen LogP contribution in [-0.2, 0) is 23.1 Å². The summed E-state index contributed by atoms with van der Waals surface area (Å²) in [5.41, 5.74) is 6.38. The molecular weight excluding hydrogens is 264 g/mol. The van der Waals surface area contributed by atoms with Crippen LogP contribution in [0, 0.1) is 0 Å². The zero-order valence-electron chi connectivity index (χ0n) is 10.6. The molecule has 0 aliphatic rings. The molecule has 0 aliphatic carbocycles. The predicted octanol–water partition coefficient (Wildman–Crippen LogP) is 1.56. The van der Waals surface area contributed by atoms with Crippen molar-refractivity contribution in [3.63, 3.8) is 0 Å². The first kappa shape index (κ1) is 13.8. The zero-order valence-corrected chi connectivity index (χ0v) is 11.4. The van der Waals surface area contributed by atoms with Gasteiger partial charge < -0.3 is 10.2 Å². The van der Waals surface area contributed by atoms with Crippen LogP contribution in [0.4, 0.5) is 0 Å². The monoisotopic (exact) mass is 280 g/mol. The molecule has 0 spiro atoms. The van der Waals surface area contributed by atoms with E-state index in [1.165, 1.54) is 17.6 Å². The molecule has 0 unspecified atom stereocenters. The van der Waals surface area contributed by atoms with Crippen LogP contribution in [0.25, 0.3) is 0 Å². The molecule has 102 valence electrons. The fourth-order valence-corrected chi connectivity index (χ4v) is 2.82. The van der Waals surface area contributed by atoms with Crippen LogP contribution in [0.5, 0.6) is 0 Å². The molecule has 1 aromatic carbocycles. The number of hydrogen-bond donors (Lipinski definition) is 1. The summed E-state index contributed by atoms with van der Waals surface area (Å²) in [4.78, 5) is 0.249. The molecule has 5 nitrogen and oxygen atoms in total. The van der Waals surface area contributed by atoms with Crippen molar-refractivity contribution >= 4 is 10.0 Å². The molecule has 1 heterocycles. The molecule has 6 heteroatoms. The van der Waals surface area contributed by atoms with E-state index in [2.05, 4.69) is 0 Å². The second kappa shape index (κ2) is 5.56. The molecule has 0 radical (unpaired) electrons. The molecule has 2 N–H and O–H groups in total. The van der Waals surface area contributed by atoms with Crippen LogP contribution in [0.2, 0.25) is 0 Å². The Bertz CT molecular complexity index is 618. The van der Waals surface area contributed by atoms with Crippen molar-refractivity contribution in [2.75, 3.05) is 7.05 Å². The lowest BCUT2D eigenvalue weighted by Crippen LogP contribution is -2.26. The highest BCUT2D eigenvalue weighted by atomic mass is 32.2. The third kappa shape index (κ3) is 3.04. The molecule has 0 amide bonds. The van der Waals surface area contributed by atoms with E-state index >= 15 is 0 Å². The highest BCUT2D eigenvalue weighted by Gasteiger charge is 2.21. The van der Waals surface area contributed by atoms with Crippen molar-refractivity contribution in [2.45, 2.75) is 18.0 Å². The van der Waals surface area contributed by atoms with Crippen molar-refractivity contribution in [1.29, 1.82) is 0 Å². The Balaban J connectivity index is 2.20. The van der Waals surface area contributed by atoms with E-state index in [4.69, 9.17) is 10.2 Å². The molecule has 0 saturated heterocycles. The fraction of sp³-hybridized carbons (Fsp3) is 0.231. The molecule has 2 aromatic rings. The van der Waals surface area contributed by atoms with Gasteiger partial charge in [0.1, 0.15) is 5.76 Å². The number of nitrogens with zero attached hydrogens (tertiary/aromatic N) is 1. The highest BCUT2D eigenvalue weighted by Crippen LogP contribution is 2.17. The van der Waals surface area contributed by atoms with Gasteiger partial charge in [-0.1, -0.05) is 12.1 Å². The van der Waals surface area contributed by atoms with Crippen LogP contribution < -0.4 is 5.73 Å². The zero-order chi connectivity index (χ0) is 13.9. The average Bonchev–Trinajstić information content (AvgIpc) is 2.91. The number of benzene rings is 1. The van der Waals surface area contributed by atoms with Gasteiger partial charge in [-0.3, -0.25) is 0 Å². The maximum absolute atomic E-state index is 12.3. The average molecular weight is 280 g/mol. The lowest BCUT2D eigenvalue weighted by molar-refractivity contribution is 0.406. The van der Waals surface area contributed by atoms with E-state index in [0.29, 0.717) is 12.3 Å². The second-order valence-electron chi connectivity index (χ2n) is 4.19. The summed E-state index contributed by atoms with van der Waals surface area (Å²) in [5.74, 6) is 0.602. The maximum Gasteiger partial charge on any atom is 0.243 e. The fourth-order valence-electron chi connectivity index (χ4n) is 1.68. The summed E-state index contributed by atoms with van der Waals surface area (Å²) in [6.07, 6.45) is 1.52. The summed E-state index contributed by atoms with van der Waals surface area (Å²) in [6.45, 7) is 0.594. The number of rotatable bonds is 5. The minimum atomic E-state index is -3.51. The van der Waals surface area contributed by atoms with Crippen LogP contribution in [0.3, 0.4) is 0 Å². The molecule has 0 bridgehead atoms. The van der Waals surface area contributed by atoms with Gasteiger partial charge in [-0.15, -0.1) is 0 Å². The summed E-state index contributed by atoms with van der Waals surface area (Å²) >= 11 is 0.